The Morgan fingerprint density at radius 3 is 1.61 bits per heavy atom. The average Bonchev–Trinajstić information content (AvgIpc) is 3.88. The van der Waals surface area contributed by atoms with Gasteiger partial charge in [0, 0.05) is 28.6 Å². The smallest absolute Gasteiger partial charge is 0.149 e. The van der Waals surface area contributed by atoms with Gasteiger partial charge >= 0.3 is 0 Å². The van der Waals surface area contributed by atoms with Crippen LogP contribution in [0.4, 0.5) is 0 Å². The molecule has 354 valence electrons. The van der Waals surface area contributed by atoms with Gasteiger partial charge in [-0.15, -0.1) is 0 Å². The second-order valence-electron chi connectivity index (χ2n) is 23.3. The molecule has 0 aliphatic rings. The zero-order chi connectivity index (χ0) is 49.4. The van der Waals surface area contributed by atoms with Crippen molar-refractivity contribution in [3.63, 3.8) is 0 Å². The molecule has 4 nitrogen and oxygen atoms in total. The first-order chi connectivity index (χ1) is 32.6. The van der Waals surface area contributed by atoms with E-state index in [-0.39, 0.29) is 22.7 Å². The molecule has 0 bridgehead atoms. The van der Waals surface area contributed by atoms with Gasteiger partial charge in [0.2, 0.25) is 0 Å². The minimum absolute atomic E-state index is 0.00675. The van der Waals surface area contributed by atoms with Crippen LogP contribution >= 0.6 is 0 Å². The molecule has 6 aromatic carbocycles. The van der Waals surface area contributed by atoms with Gasteiger partial charge < -0.3 is 4.42 Å². The van der Waals surface area contributed by atoms with Crippen LogP contribution in [-0.4, -0.2) is 14.5 Å². The molecule has 0 spiro atoms. The molecule has 3 aromatic heterocycles. The molecule has 0 aliphatic heterocycles. The molecule has 0 radical (unpaired) electrons. The summed E-state index contributed by atoms with van der Waals surface area (Å²) >= 11 is 0. The quantitative estimate of drug-likeness (QED) is 0.137. The van der Waals surface area contributed by atoms with Crippen LogP contribution in [0.3, 0.4) is 0 Å². The van der Waals surface area contributed by atoms with E-state index in [9.17, 15) is 0 Å². The predicted molar refractivity (Wildman–Crippen MR) is 296 cm³/mol. The van der Waals surface area contributed by atoms with Crippen LogP contribution in [0.25, 0.3) is 83.6 Å². The summed E-state index contributed by atoms with van der Waals surface area (Å²) in [7, 11) is 0. The highest BCUT2D eigenvalue weighted by molar-refractivity contribution is 6.10. The van der Waals surface area contributed by atoms with Crippen molar-refractivity contribution in [3.8, 4) is 50.6 Å². The summed E-state index contributed by atoms with van der Waals surface area (Å²) in [5.41, 5.74) is 22.4. The standard InChI is InChI=1S/C65H73N3O/c1-37(2)44-30-51(38(3)4)60(52(31-44)39(5)6)43-26-24-42(25-27-43)45-32-53(40(7)8)61(54(33-45)41(9)10)68-58-23-18-17-22-56(58)67-63(68)50-21-19-20-49-55-36-66-57(35-59(55)69-62(49)50)46-28-47(64(11,12)13)34-48(29-46)65(14,15)16/h17-41H,1-16H3. The zero-order valence-electron chi connectivity index (χ0n) is 44.2. The van der Waals surface area contributed by atoms with Crippen molar-refractivity contribution in [3.05, 3.63) is 160 Å². The Balaban J connectivity index is 1.20. The Hall–Kier alpha value is -6.26. The first-order valence-electron chi connectivity index (χ1n) is 25.5. The second-order valence-corrected chi connectivity index (χ2v) is 23.3. The molecule has 0 fully saturated rings. The van der Waals surface area contributed by atoms with Crippen molar-refractivity contribution >= 4 is 33.0 Å². The van der Waals surface area contributed by atoms with Crippen LogP contribution in [0.1, 0.15) is 179 Å². The average molecular weight is 912 g/mol. The van der Waals surface area contributed by atoms with E-state index < -0.39 is 0 Å². The van der Waals surface area contributed by atoms with Crippen molar-refractivity contribution in [1.82, 2.24) is 14.5 Å². The highest BCUT2D eigenvalue weighted by Gasteiger charge is 2.27. The third kappa shape index (κ3) is 8.86. The van der Waals surface area contributed by atoms with Gasteiger partial charge in [0.1, 0.15) is 17.0 Å². The molecule has 0 atom stereocenters. The molecule has 3 heterocycles. The van der Waals surface area contributed by atoms with Gasteiger partial charge in [-0.3, -0.25) is 9.55 Å². The third-order valence-corrected chi connectivity index (χ3v) is 14.4. The molecule has 0 N–H and O–H groups in total. The van der Waals surface area contributed by atoms with E-state index in [0.29, 0.717) is 17.8 Å². The van der Waals surface area contributed by atoms with Crippen molar-refractivity contribution in [2.75, 3.05) is 0 Å². The maximum absolute atomic E-state index is 7.02. The number of hydrogen-bond acceptors (Lipinski definition) is 3. The first kappa shape index (κ1) is 47.8. The predicted octanol–water partition coefficient (Wildman–Crippen LogP) is 19.2. The van der Waals surface area contributed by atoms with Crippen molar-refractivity contribution in [1.29, 1.82) is 0 Å². The van der Waals surface area contributed by atoms with Crippen LogP contribution in [-0.2, 0) is 10.8 Å². The van der Waals surface area contributed by atoms with E-state index in [1.165, 1.54) is 66.9 Å². The van der Waals surface area contributed by atoms with E-state index in [4.69, 9.17) is 14.4 Å². The molecule has 0 amide bonds. The molecule has 69 heavy (non-hydrogen) atoms. The van der Waals surface area contributed by atoms with Crippen molar-refractivity contribution < 1.29 is 4.42 Å². The maximum Gasteiger partial charge on any atom is 0.149 e. The van der Waals surface area contributed by atoms with Crippen LogP contribution < -0.4 is 0 Å². The second kappa shape index (κ2) is 17.9. The molecule has 0 saturated heterocycles. The normalized spacial score (nSPS) is 12.7. The topological polar surface area (TPSA) is 43.9 Å². The Morgan fingerprint density at radius 2 is 1.06 bits per heavy atom. The van der Waals surface area contributed by atoms with Gasteiger partial charge in [-0.2, -0.15) is 0 Å². The highest BCUT2D eigenvalue weighted by atomic mass is 16.3. The van der Waals surface area contributed by atoms with E-state index in [1.54, 1.807) is 0 Å². The van der Waals surface area contributed by atoms with E-state index in [2.05, 4.69) is 231 Å². The lowest BCUT2D eigenvalue weighted by Gasteiger charge is -2.26. The molecule has 4 heteroatoms. The van der Waals surface area contributed by atoms with Crippen molar-refractivity contribution in [2.45, 2.75) is 151 Å². The molecule has 9 rings (SSSR count). The molecular formula is C65H73N3O. The third-order valence-electron chi connectivity index (χ3n) is 14.4. The summed E-state index contributed by atoms with van der Waals surface area (Å²) < 4.78 is 9.44. The summed E-state index contributed by atoms with van der Waals surface area (Å²) in [5.74, 6) is 2.65. The van der Waals surface area contributed by atoms with Crippen LogP contribution in [0.15, 0.2) is 126 Å². The fraction of sp³-hybridized carbons (Fsp3) is 0.354. The van der Waals surface area contributed by atoms with E-state index >= 15 is 0 Å². The lowest BCUT2D eigenvalue weighted by atomic mass is 9.79. The summed E-state index contributed by atoms with van der Waals surface area (Å²) in [6.07, 6.45) is 2.00. The van der Waals surface area contributed by atoms with Crippen LogP contribution in [0.2, 0.25) is 0 Å². The van der Waals surface area contributed by atoms with Gasteiger partial charge in [-0.05, 0) is 144 Å². The number of imidazole rings is 1. The van der Waals surface area contributed by atoms with Crippen molar-refractivity contribution in [2.24, 2.45) is 0 Å². The van der Waals surface area contributed by atoms with Crippen LogP contribution in [0.5, 0.6) is 0 Å². The van der Waals surface area contributed by atoms with Gasteiger partial charge in [-0.1, -0.05) is 178 Å². The number of aromatic nitrogens is 3. The number of hydrogen-bond donors (Lipinski definition) is 0. The lowest BCUT2D eigenvalue weighted by molar-refractivity contribution is 0.569. The number of furan rings is 1. The lowest BCUT2D eigenvalue weighted by Crippen LogP contribution is -2.16. The summed E-state index contributed by atoms with van der Waals surface area (Å²) in [4.78, 5) is 10.6. The Kier molecular flexibility index (Phi) is 12.4. The van der Waals surface area contributed by atoms with Gasteiger partial charge in [-0.25, -0.2) is 4.98 Å². The number of pyridine rings is 1. The summed E-state index contributed by atoms with van der Waals surface area (Å²) in [5, 5.41) is 2.03. The van der Waals surface area contributed by atoms with Gasteiger partial charge in [0.05, 0.1) is 28.0 Å². The Bertz CT molecular complexity index is 3280. The van der Waals surface area contributed by atoms with E-state index in [0.717, 1.165) is 55.6 Å². The molecule has 9 aromatic rings. The minimum Gasteiger partial charge on any atom is -0.455 e. The first-order valence-corrected chi connectivity index (χ1v) is 25.5. The number of para-hydroxylation sites is 3. The number of benzene rings is 6. The fourth-order valence-corrected chi connectivity index (χ4v) is 10.2. The number of nitrogens with zero attached hydrogens (tertiary/aromatic N) is 3. The largest absolute Gasteiger partial charge is 0.455 e. The SMILES string of the molecule is CC(C)c1cc(C(C)C)c(-c2ccc(-c3cc(C(C)C)c(-n4c(-c5cccc6c5oc5cc(-c7cc(C(C)(C)C)cc(C(C)(C)C)c7)ncc56)nc5ccccc54)c(C(C)C)c3)cc2)c(C(C)C)c1. The summed E-state index contributed by atoms with van der Waals surface area (Å²) in [6.45, 7) is 36.9. The van der Waals surface area contributed by atoms with Gasteiger partial charge in [0.25, 0.3) is 0 Å². The maximum atomic E-state index is 7.02. The minimum atomic E-state index is -0.00675. The molecule has 0 aliphatic carbocycles. The number of fused-ring (bicyclic) bond motifs is 4. The Labute approximate surface area is 412 Å². The summed E-state index contributed by atoms with van der Waals surface area (Å²) in [6, 6.07) is 43.3. The van der Waals surface area contributed by atoms with E-state index in [1.807, 2.05) is 6.20 Å². The molecule has 0 saturated carbocycles. The highest BCUT2D eigenvalue weighted by Crippen LogP contribution is 2.45. The monoisotopic (exact) mass is 912 g/mol. The number of rotatable bonds is 10. The molecular weight excluding hydrogens is 839 g/mol. The van der Waals surface area contributed by atoms with Crippen LogP contribution in [0, 0.1) is 0 Å². The fourth-order valence-electron chi connectivity index (χ4n) is 10.2. The van der Waals surface area contributed by atoms with Gasteiger partial charge in [0.15, 0.2) is 0 Å². The Morgan fingerprint density at radius 1 is 0.493 bits per heavy atom. The molecule has 0 unspecified atom stereocenters. The zero-order valence-corrected chi connectivity index (χ0v) is 44.2.